The zero-order valence-electron chi connectivity index (χ0n) is 7.08. The molecule has 0 aromatic carbocycles. The Hall–Kier alpha value is -1.99. The normalized spacial score (nSPS) is 11.1. The Balaban J connectivity index is 3.19. The van der Waals surface area contributed by atoms with Gasteiger partial charge in [0.25, 0.3) is 0 Å². The first-order valence-electron chi connectivity index (χ1n) is 3.55. The van der Waals surface area contributed by atoms with E-state index in [1.54, 1.807) is 0 Å². The smallest absolute Gasteiger partial charge is 0.476 e. The summed E-state index contributed by atoms with van der Waals surface area (Å²) in [5.41, 5.74) is 3.81. The number of nitrogens with two attached hydrogens (primary N) is 1. The van der Waals surface area contributed by atoms with Crippen LogP contribution in [0.2, 0.25) is 0 Å². The third-order valence-electron chi connectivity index (χ3n) is 1.36. The van der Waals surface area contributed by atoms with Crippen LogP contribution in [0.4, 0.5) is 18.9 Å². The molecule has 5 nitrogen and oxygen atoms in total. The summed E-state index contributed by atoms with van der Waals surface area (Å²) < 4.78 is 39.1. The van der Waals surface area contributed by atoms with E-state index in [0.717, 1.165) is 12.3 Å². The lowest BCUT2D eigenvalue weighted by Gasteiger charge is -2.12. The van der Waals surface area contributed by atoms with Gasteiger partial charge in [-0.1, -0.05) is 0 Å². The van der Waals surface area contributed by atoms with Gasteiger partial charge in [0.15, 0.2) is 11.4 Å². The molecule has 0 aliphatic rings. The molecule has 1 aromatic rings. The molecule has 0 atom stereocenters. The monoisotopic (exact) mass is 222 g/mol. The maximum absolute atomic E-state index is 11.9. The minimum Gasteiger partial charge on any atom is -0.476 e. The van der Waals surface area contributed by atoms with Gasteiger partial charge in [0.05, 0.1) is 5.69 Å². The van der Waals surface area contributed by atoms with E-state index in [9.17, 15) is 18.0 Å². The van der Waals surface area contributed by atoms with Crippen LogP contribution in [0, 0.1) is 0 Å². The first-order chi connectivity index (χ1) is 6.81. The molecule has 1 heterocycles. The van der Waals surface area contributed by atoms with Crippen molar-refractivity contribution in [1.29, 1.82) is 0 Å². The van der Waals surface area contributed by atoms with Gasteiger partial charge in [-0.2, -0.15) is 0 Å². The second-order valence-corrected chi connectivity index (χ2v) is 2.43. The fourth-order valence-electron chi connectivity index (χ4n) is 0.838. The van der Waals surface area contributed by atoms with Gasteiger partial charge in [-0.15, -0.1) is 13.2 Å². The third-order valence-corrected chi connectivity index (χ3v) is 1.36. The van der Waals surface area contributed by atoms with Gasteiger partial charge >= 0.3 is 12.3 Å². The molecule has 0 unspecified atom stereocenters. The molecule has 0 radical (unpaired) electrons. The van der Waals surface area contributed by atoms with Crippen molar-refractivity contribution in [3.63, 3.8) is 0 Å². The Kier molecular flexibility index (Phi) is 2.69. The number of rotatable bonds is 2. The SMILES string of the molecule is Nc1ccnc(C(=O)O)c1OC(F)(F)F. The fourth-order valence-corrected chi connectivity index (χ4v) is 0.838. The van der Waals surface area contributed by atoms with Gasteiger partial charge in [0.1, 0.15) is 0 Å². The number of ether oxygens (including phenoxy) is 1. The fraction of sp³-hybridized carbons (Fsp3) is 0.143. The zero-order valence-corrected chi connectivity index (χ0v) is 7.08. The van der Waals surface area contributed by atoms with Crippen molar-refractivity contribution < 1.29 is 27.8 Å². The van der Waals surface area contributed by atoms with Gasteiger partial charge in [-0.05, 0) is 6.07 Å². The number of carboxylic acids is 1. The second kappa shape index (κ2) is 3.64. The highest BCUT2D eigenvalue weighted by molar-refractivity contribution is 5.90. The molecule has 0 saturated heterocycles. The molecule has 1 aromatic heterocycles. The van der Waals surface area contributed by atoms with E-state index in [4.69, 9.17) is 10.8 Å². The largest absolute Gasteiger partial charge is 0.573 e. The predicted molar refractivity (Wildman–Crippen MR) is 42.3 cm³/mol. The highest BCUT2D eigenvalue weighted by Gasteiger charge is 2.34. The average Bonchev–Trinajstić information content (AvgIpc) is 2.05. The number of anilines is 1. The van der Waals surface area contributed by atoms with Crippen LogP contribution in [0.1, 0.15) is 10.5 Å². The molecule has 0 spiro atoms. The number of aromatic carboxylic acids is 1. The maximum Gasteiger partial charge on any atom is 0.573 e. The van der Waals surface area contributed by atoms with Crippen LogP contribution in [0.25, 0.3) is 0 Å². The van der Waals surface area contributed by atoms with Gasteiger partial charge < -0.3 is 15.6 Å². The van der Waals surface area contributed by atoms with Crippen molar-refractivity contribution in [2.75, 3.05) is 5.73 Å². The number of aromatic nitrogens is 1. The molecule has 0 bridgehead atoms. The van der Waals surface area contributed by atoms with Gasteiger partial charge in [0.2, 0.25) is 0 Å². The van der Waals surface area contributed by atoms with Crippen LogP contribution in [-0.4, -0.2) is 22.4 Å². The Bertz CT molecular complexity index is 392. The number of hydrogen-bond donors (Lipinski definition) is 2. The van der Waals surface area contributed by atoms with E-state index in [1.807, 2.05) is 0 Å². The van der Waals surface area contributed by atoms with Crippen molar-refractivity contribution >= 4 is 11.7 Å². The van der Waals surface area contributed by atoms with Crippen molar-refractivity contribution in [2.45, 2.75) is 6.36 Å². The number of halogens is 3. The number of hydrogen-bond acceptors (Lipinski definition) is 4. The molecule has 0 amide bonds. The number of nitrogens with zero attached hydrogens (tertiary/aromatic N) is 1. The summed E-state index contributed by atoms with van der Waals surface area (Å²) in [4.78, 5) is 13.7. The number of pyridine rings is 1. The van der Waals surface area contributed by atoms with Crippen molar-refractivity contribution in [3.8, 4) is 5.75 Å². The molecule has 1 rings (SSSR count). The number of nitrogen functional groups attached to an aromatic ring is 1. The number of alkyl halides is 3. The van der Waals surface area contributed by atoms with E-state index in [0.29, 0.717) is 0 Å². The van der Waals surface area contributed by atoms with E-state index in [2.05, 4.69) is 9.72 Å². The van der Waals surface area contributed by atoms with E-state index < -0.39 is 29.5 Å². The maximum atomic E-state index is 11.9. The van der Waals surface area contributed by atoms with Crippen molar-refractivity contribution in [2.24, 2.45) is 0 Å². The first-order valence-corrected chi connectivity index (χ1v) is 3.55. The summed E-state index contributed by atoms with van der Waals surface area (Å²) in [5, 5.41) is 8.52. The summed E-state index contributed by atoms with van der Waals surface area (Å²) in [6.07, 6.45) is -4.04. The highest BCUT2D eigenvalue weighted by Crippen LogP contribution is 2.30. The Morgan fingerprint density at radius 3 is 2.60 bits per heavy atom. The minimum atomic E-state index is -5.01. The van der Waals surface area contributed by atoms with E-state index in [1.165, 1.54) is 0 Å². The van der Waals surface area contributed by atoms with Gasteiger partial charge in [0, 0.05) is 6.20 Å². The van der Waals surface area contributed by atoms with Crippen LogP contribution in [0.3, 0.4) is 0 Å². The average molecular weight is 222 g/mol. The van der Waals surface area contributed by atoms with Crippen LogP contribution in [0.5, 0.6) is 5.75 Å². The zero-order chi connectivity index (χ0) is 11.6. The van der Waals surface area contributed by atoms with Gasteiger partial charge in [-0.3, -0.25) is 0 Å². The molecule has 82 valence electrons. The first kappa shape index (κ1) is 11.1. The summed E-state index contributed by atoms with van der Waals surface area (Å²) in [6.45, 7) is 0. The lowest BCUT2D eigenvalue weighted by molar-refractivity contribution is -0.274. The molecule has 0 aliphatic carbocycles. The lowest BCUT2D eigenvalue weighted by atomic mass is 10.3. The van der Waals surface area contributed by atoms with Crippen molar-refractivity contribution in [1.82, 2.24) is 4.98 Å². The second-order valence-electron chi connectivity index (χ2n) is 2.43. The quantitative estimate of drug-likeness (QED) is 0.786. The molecule has 0 aliphatic heterocycles. The molecular formula is C7H5F3N2O3. The summed E-state index contributed by atoms with van der Waals surface area (Å²) in [5.74, 6) is -2.65. The summed E-state index contributed by atoms with van der Waals surface area (Å²) >= 11 is 0. The van der Waals surface area contributed by atoms with Crippen molar-refractivity contribution in [3.05, 3.63) is 18.0 Å². The topological polar surface area (TPSA) is 85.4 Å². The van der Waals surface area contributed by atoms with Crippen LogP contribution in [0.15, 0.2) is 12.3 Å². The molecular weight excluding hydrogens is 217 g/mol. The highest BCUT2D eigenvalue weighted by atomic mass is 19.4. The predicted octanol–water partition coefficient (Wildman–Crippen LogP) is 1.26. The summed E-state index contributed by atoms with van der Waals surface area (Å²) in [6, 6.07) is 1.01. The van der Waals surface area contributed by atoms with Crippen LogP contribution in [-0.2, 0) is 0 Å². The molecule has 0 saturated carbocycles. The Morgan fingerprint density at radius 2 is 2.13 bits per heavy atom. The van der Waals surface area contributed by atoms with Crippen LogP contribution >= 0.6 is 0 Å². The minimum absolute atomic E-state index is 0.445. The number of carbonyl (C=O) groups is 1. The Labute approximate surface area is 81.3 Å². The standard InChI is InChI=1S/C7H5F3N2O3/c8-7(9,10)15-5-3(11)1-2-12-4(5)6(13)14/h1-2H,(H2,11,12)(H,13,14). The molecule has 8 heteroatoms. The third kappa shape index (κ3) is 2.73. The number of carboxylic acid groups (broad SMARTS) is 1. The Morgan fingerprint density at radius 1 is 1.53 bits per heavy atom. The molecule has 0 fully saturated rings. The van der Waals surface area contributed by atoms with Gasteiger partial charge in [-0.25, -0.2) is 9.78 Å². The van der Waals surface area contributed by atoms with E-state index >= 15 is 0 Å². The molecule has 15 heavy (non-hydrogen) atoms. The van der Waals surface area contributed by atoms with Crippen LogP contribution < -0.4 is 10.5 Å². The molecule has 3 N–H and O–H groups in total. The summed E-state index contributed by atoms with van der Waals surface area (Å²) in [7, 11) is 0. The lowest BCUT2D eigenvalue weighted by Crippen LogP contribution is -2.20. The van der Waals surface area contributed by atoms with E-state index in [-0.39, 0.29) is 0 Å².